The van der Waals surface area contributed by atoms with E-state index in [0.29, 0.717) is 0 Å². The molecule has 0 aliphatic carbocycles. The summed E-state index contributed by atoms with van der Waals surface area (Å²) in [4.78, 5) is 2.47. The van der Waals surface area contributed by atoms with Crippen molar-refractivity contribution < 1.29 is 4.74 Å². The van der Waals surface area contributed by atoms with Crippen LogP contribution in [0.3, 0.4) is 0 Å². The van der Waals surface area contributed by atoms with E-state index >= 15 is 0 Å². The molecule has 1 aliphatic heterocycles. The minimum atomic E-state index is 0.756. The molecule has 1 aromatic carbocycles. The van der Waals surface area contributed by atoms with Gasteiger partial charge >= 0.3 is 0 Å². The predicted octanol–water partition coefficient (Wildman–Crippen LogP) is 1.70. The molecule has 0 saturated carbocycles. The van der Waals surface area contributed by atoms with Crippen molar-refractivity contribution in [3.8, 4) is 5.75 Å². The van der Waals surface area contributed by atoms with E-state index in [9.17, 15) is 0 Å². The number of nitrogens with zero attached hydrogens (tertiary/aromatic N) is 1. The number of hydrogen-bond acceptors (Lipinski definition) is 3. The lowest BCUT2D eigenvalue weighted by Gasteiger charge is -2.16. The summed E-state index contributed by atoms with van der Waals surface area (Å²) >= 11 is 0. The minimum Gasteiger partial charge on any atom is -0.494 e. The molecule has 0 atom stereocenters. The van der Waals surface area contributed by atoms with E-state index in [4.69, 9.17) is 10.5 Å². The van der Waals surface area contributed by atoms with Crippen LogP contribution < -0.4 is 10.5 Å². The maximum absolute atomic E-state index is 5.93. The molecular formula is C13H20N2O. The van der Waals surface area contributed by atoms with Crippen LogP contribution in [0.4, 0.5) is 5.69 Å². The van der Waals surface area contributed by atoms with Gasteiger partial charge in [-0.1, -0.05) is 13.0 Å². The normalized spacial score (nSPS) is 16.6. The topological polar surface area (TPSA) is 38.5 Å². The molecule has 3 heteroatoms. The second-order valence-electron chi connectivity index (χ2n) is 4.26. The second-order valence-corrected chi connectivity index (χ2v) is 4.26. The van der Waals surface area contributed by atoms with Crippen LogP contribution >= 0.6 is 0 Å². The van der Waals surface area contributed by atoms with Crippen molar-refractivity contribution in [3.63, 3.8) is 0 Å². The molecule has 1 aliphatic rings. The molecule has 16 heavy (non-hydrogen) atoms. The van der Waals surface area contributed by atoms with E-state index in [1.165, 1.54) is 11.1 Å². The molecule has 0 unspecified atom stereocenters. The fourth-order valence-electron chi connectivity index (χ4n) is 2.41. The van der Waals surface area contributed by atoms with Gasteiger partial charge in [0.25, 0.3) is 0 Å². The zero-order chi connectivity index (χ0) is 11.5. The van der Waals surface area contributed by atoms with Crippen LogP contribution in [0, 0.1) is 0 Å². The Kier molecular flexibility index (Phi) is 3.34. The molecule has 2 rings (SSSR count). The summed E-state index contributed by atoms with van der Waals surface area (Å²) in [5.74, 6) is 0.885. The van der Waals surface area contributed by atoms with E-state index in [2.05, 4.69) is 17.9 Å². The van der Waals surface area contributed by atoms with Crippen LogP contribution in [0.5, 0.6) is 5.75 Å². The summed E-state index contributed by atoms with van der Waals surface area (Å²) in [6.07, 6.45) is 2.14. The molecule has 0 bridgehead atoms. The molecule has 2 N–H and O–H groups in total. The molecule has 0 aromatic heterocycles. The summed E-state index contributed by atoms with van der Waals surface area (Å²) in [7, 11) is 1.70. The highest BCUT2D eigenvalue weighted by Crippen LogP contribution is 2.31. The Morgan fingerprint density at radius 1 is 1.31 bits per heavy atom. The first kappa shape index (κ1) is 11.3. The average Bonchev–Trinajstić information content (AvgIpc) is 2.51. The summed E-state index contributed by atoms with van der Waals surface area (Å²) in [6, 6.07) is 4.10. The number of ether oxygens (including phenoxy) is 1. The molecule has 0 radical (unpaired) electrons. The third kappa shape index (κ3) is 2.00. The highest BCUT2D eigenvalue weighted by molar-refractivity contribution is 5.59. The Morgan fingerprint density at radius 2 is 2.06 bits per heavy atom. The van der Waals surface area contributed by atoms with E-state index in [-0.39, 0.29) is 0 Å². The average molecular weight is 220 g/mol. The van der Waals surface area contributed by atoms with Gasteiger partial charge in [-0.15, -0.1) is 0 Å². The molecule has 3 nitrogen and oxygen atoms in total. The van der Waals surface area contributed by atoms with Crippen LogP contribution in [-0.2, 0) is 12.8 Å². The van der Waals surface area contributed by atoms with Crippen molar-refractivity contribution in [1.82, 2.24) is 4.90 Å². The van der Waals surface area contributed by atoms with E-state index < -0.39 is 0 Å². The number of likely N-dealkylation sites (N-methyl/N-ethyl adjacent to an activating group) is 1. The van der Waals surface area contributed by atoms with Crippen molar-refractivity contribution in [2.75, 3.05) is 32.5 Å². The lowest BCUT2D eigenvalue weighted by atomic mass is 10.0. The van der Waals surface area contributed by atoms with Crippen LogP contribution in [0.2, 0.25) is 0 Å². The molecule has 1 aromatic rings. The highest BCUT2D eigenvalue weighted by Gasteiger charge is 2.17. The lowest BCUT2D eigenvalue weighted by Crippen LogP contribution is -2.25. The number of hydrogen-bond donors (Lipinski definition) is 1. The van der Waals surface area contributed by atoms with Gasteiger partial charge in [-0.05, 0) is 31.0 Å². The van der Waals surface area contributed by atoms with Crippen molar-refractivity contribution in [2.24, 2.45) is 0 Å². The van der Waals surface area contributed by atoms with Gasteiger partial charge in [0, 0.05) is 18.7 Å². The standard InChI is InChI=1S/C13H20N2O/c1-3-15-8-6-10-4-5-12(14)13(16-2)11(10)7-9-15/h4-5H,3,6-9,14H2,1-2H3. The quantitative estimate of drug-likeness (QED) is 0.771. The van der Waals surface area contributed by atoms with Gasteiger partial charge in [0.15, 0.2) is 0 Å². The van der Waals surface area contributed by atoms with Gasteiger partial charge in [-0.2, -0.15) is 0 Å². The van der Waals surface area contributed by atoms with E-state index in [0.717, 1.165) is 43.9 Å². The van der Waals surface area contributed by atoms with Gasteiger partial charge in [0.05, 0.1) is 12.8 Å². The predicted molar refractivity (Wildman–Crippen MR) is 66.9 cm³/mol. The summed E-state index contributed by atoms with van der Waals surface area (Å²) in [5.41, 5.74) is 9.39. The van der Waals surface area contributed by atoms with Gasteiger partial charge in [0.1, 0.15) is 5.75 Å². The first-order valence-electron chi connectivity index (χ1n) is 5.92. The zero-order valence-electron chi connectivity index (χ0n) is 10.1. The van der Waals surface area contributed by atoms with Gasteiger partial charge < -0.3 is 15.4 Å². The number of benzene rings is 1. The number of nitrogen functional groups attached to an aromatic ring is 1. The Bertz CT molecular complexity index is 376. The first-order chi connectivity index (χ1) is 7.76. The Labute approximate surface area is 97.2 Å². The molecule has 0 saturated heterocycles. The number of fused-ring (bicyclic) bond motifs is 1. The number of anilines is 1. The maximum atomic E-state index is 5.93. The summed E-state index contributed by atoms with van der Waals surface area (Å²) in [6.45, 7) is 5.56. The molecule has 0 fully saturated rings. The Balaban J connectivity index is 2.34. The van der Waals surface area contributed by atoms with Crippen molar-refractivity contribution >= 4 is 5.69 Å². The van der Waals surface area contributed by atoms with Crippen LogP contribution in [-0.4, -0.2) is 31.6 Å². The van der Waals surface area contributed by atoms with Crippen LogP contribution in [0.1, 0.15) is 18.1 Å². The largest absolute Gasteiger partial charge is 0.494 e. The molecule has 88 valence electrons. The smallest absolute Gasteiger partial charge is 0.145 e. The second kappa shape index (κ2) is 4.74. The third-order valence-electron chi connectivity index (χ3n) is 3.41. The van der Waals surface area contributed by atoms with Gasteiger partial charge in [-0.3, -0.25) is 0 Å². The molecular weight excluding hydrogens is 200 g/mol. The maximum Gasteiger partial charge on any atom is 0.145 e. The lowest BCUT2D eigenvalue weighted by molar-refractivity contribution is 0.302. The number of methoxy groups -OCH3 is 1. The molecule has 0 amide bonds. The van der Waals surface area contributed by atoms with Crippen molar-refractivity contribution in [2.45, 2.75) is 19.8 Å². The first-order valence-corrected chi connectivity index (χ1v) is 5.92. The number of rotatable bonds is 2. The van der Waals surface area contributed by atoms with Gasteiger partial charge in [-0.25, -0.2) is 0 Å². The fraction of sp³-hybridized carbons (Fsp3) is 0.538. The minimum absolute atomic E-state index is 0.756. The zero-order valence-corrected chi connectivity index (χ0v) is 10.1. The van der Waals surface area contributed by atoms with Gasteiger partial charge in [0.2, 0.25) is 0 Å². The molecule has 1 heterocycles. The fourth-order valence-corrected chi connectivity index (χ4v) is 2.41. The molecule has 0 spiro atoms. The summed E-state index contributed by atoms with van der Waals surface area (Å²) < 4.78 is 5.42. The van der Waals surface area contributed by atoms with Crippen molar-refractivity contribution in [1.29, 1.82) is 0 Å². The SMILES string of the molecule is CCN1CCc2ccc(N)c(OC)c2CC1. The third-order valence-corrected chi connectivity index (χ3v) is 3.41. The monoisotopic (exact) mass is 220 g/mol. The number of nitrogens with two attached hydrogens (primary N) is 1. The van der Waals surface area contributed by atoms with Crippen molar-refractivity contribution in [3.05, 3.63) is 23.3 Å². The van der Waals surface area contributed by atoms with Crippen LogP contribution in [0.25, 0.3) is 0 Å². The summed E-state index contributed by atoms with van der Waals surface area (Å²) in [5, 5.41) is 0. The Hall–Kier alpha value is -1.22. The highest BCUT2D eigenvalue weighted by atomic mass is 16.5. The van der Waals surface area contributed by atoms with Crippen LogP contribution in [0.15, 0.2) is 12.1 Å². The Morgan fingerprint density at radius 3 is 2.75 bits per heavy atom. The van der Waals surface area contributed by atoms with E-state index in [1.54, 1.807) is 7.11 Å². The van der Waals surface area contributed by atoms with E-state index in [1.807, 2.05) is 6.07 Å².